The number of pyridine rings is 1. The molecule has 0 aliphatic heterocycles. The second-order valence-electron chi connectivity index (χ2n) is 6.89. The van der Waals surface area contributed by atoms with Crippen molar-refractivity contribution in [3.8, 4) is 10.6 Å². The quantitative estimate of drug-likeness (QED) is 0.403. The van der Waals surface area contributed by atoms with Gasteiger partial charge in [-0.25, -0.2) is 9.97 Å². The highest BCUT2D eigenvalue weighted by Crippen LogP contribution is 2.31. The van der Waals surface area contributed by atoms with E-state index in [1.807, 2.05) is 79.7 Å². The topological polar surface area (TPSA) is 54.9 Å². The van der Waals surface area contributed by atoms with Gasteiger partial charge in [-0.2, -0.15) is 0 Å². The van der Waals surface area contributed by atoms with Crippen LogP contribution in [0, 0.1) is 6.92 Å². The molecule has 0 saturated heterocycles. The molecule has 2 aromatic heterocycles. The first-order valence-electron chi connectivity index (χ1n) is 9.30. The summed E-state index contributed by atoms with van der Waals surface area (Å²) in [5.74, 6) is -0.123. The molecule has 0 saturated carbocycles. The zero-order valence-corrected chi connectivity index (χ0v) is 16.5. The average molecular weight is 395 g/mol. The fourth-order valence-electron chi connectivity index (χ4n) is 3.31. The first-order valence-corrected chi connectivity index (χ1v) is 10.1. The number of nitrogens with zero attached hydrogens (tertiary/aromatic N) is 2. The van der Waals surface area contributed by atoms with E-state index in [1.165, 1.54) is 0 Å². The van der Waals surface area contributed by atoms with Gasteiger partial charge in [-0.05, 0) is 53.6 Å². The minimum absolute atomic E-state index is 0.123. The van der Waals surface area contributed by atoms with Crippen molar-refractivity contribution in [2.45, 2.75) is 6.92 Å². The molecule has 0 aliphatic carbocycles. The normalized spacial score (nSPS) is 11.1. The fraction of sp³-hybridized carbons (Fsp3) is 0.0417. The van der Waals surface area contributed by atoms with Crippen molar-refractivity contribution >= 4 is 44.1 Å². The Balaban J connectivity index is 1.47. The van der Waals surface area contributed by atoms with E-state index in [-0.39, 0.29) is 5.91 Å². The number of thiazole rings is 1. The number of carbonyl (C=O) groups excluding carboxylic acids is 1. The number of benzene rings is 3. The third kappa shape index (κ3) is 3.37. The van der Waals surface area contributed by atoms with Crippen LogP contribution in [-0.2, 0) is 0 Å². The number of rotatable bonds is 3. The van der Waals surface area contributed by atoms with E-state index in [0.29, 0.717) is 5.56 Å². The lowest BCUT2D eigenvalue weighted by molar-refractivity contribution is 0.102. The lowest BCUT2D eigenvalue weighted by Gasteiger charge is -2.10. The van der Waals surface area contributed by atoms with Gasteiger partial charge in [0.25, 0.3) is 5.91 Å². The number of fused-ring (bicyclic) bond motifs is 2. The van der Waals surface area contributed by atoms with Crippen LogP contribution in [0.5, 0.6) is 0 Å². The van der Waals surface area contributed by atoms with Crippen molar-refractivity contribution in [1.82, 2.24) is 9.97 Å². The van der Waals surface area contributed by atoms with Crippen LogP contribution in [0.3, 0.4) is 0 Å². The molecule has 3 aromatic carbocycles. The summed E-state index contributed by atoms with van der Waals surface area (Å²) >= 11 is 1.55. The van der Waals surface area contributed by atoms with Gasteiger partial charge >= 0.3 is 0 Å². The molecule has 0 atom stereocenters. The Morgan fingerprint density at radius 1 is 0.931 bits per heavy atom. The lowest BCUT2D eigenvalue weighted by atomic mass is 10.1. The number of aryl methyl sites for hydroxylation is 1. The number of amides is 1. The Labute approximate surface area is 171 Å². The summed E-state index contributed by atoms with van der Waals surface area (Å²) in [5, 5.41) is 6.11. The summed E-state index contributed by atoms with van der Waals surface area (Å²) in [6, 6.07) is 23.6. The van der Waals surface area contributed by atoms with E-state index >= 15 is 0 Å². The van der Waals surface area contributed by atoms with Gasteiger partial charge in [0.2, 0.25) is 0 Å². The Kier molecular flexibility index (Phi) is 4.30. The smallest absolute Gasteiger partial charge is 0.255 e. The Hall–Kier alpha value is -3.57. The van der Waals surface area contributed by atoms with Crippen molar-refractivity contribution in [1.29, 1.82) is 0 Å². The maximum absolute atomic E-state index is 12.9. The Morgan fingerprint density at radius 3 is 2.66 bits per heavy atom. The minimum Gasteiger partial charge on any atom is -0.322 e. The summed E-state index contributed by atoms with van der Waals surface area (Å²) in [4.78, 5) is 22.8. The predicted molar refractivity (Wildman–Crippen MR) is 119 cm³/mol. The summed E-state index contributed by atoms with van der Waals surface area (Å²) in [6.45, 7) is 1.99. The molecule has 0 bridgehead atoms. The van der Waals surface area contributed by atoms with Crippen LogP contribution in [-0.4, -0.2) is 15.9 Å². The third-order valence-corrected chi connectivity index (χ3v) is 5.94. The zero-order valence-electron chi connectivity index (χ0n) is 15.7. The monoisotopic (exact) mass is 395 g/mol. The van der Waals surface area contributed by atoms with E-state index in [4.69, 9.17) is 0 Å². The highest BCUT2D eigenvalue weighted by molar-refractivity contribution is 7.21. The standard InChI is InChI=1S/C24H17N3OS/c1-15-8-9-19(23-27-20-7-4-12-25-24(20)29-23)14-21(15)26-22(28)18-11-10-16-5-2-3-6-17(16)13-18/h2-14H,1H3,(H,26,28). The SMILES string of the molecule is Cc1ccc(-c2nc3cccnc3s2)cc1NC(=O)c1ccc2ccccc2c1. The summed E-state index contributed by atoms with van der Waals surface area (Å²) in [5.41, 5.74) is 4.27. The molecule has 5 heteroatoms. The van der Waals surface area contributed by atoms with E-state index in [0.717, 1.165) is 42.9 Å². The predicted octanol–water partition coefficient (Wildman–Crippen LogP) is 6.07. The fourth-order valence-corrected chi connectivity index (χ4v) is 4.21. The van der Waals surface area contributed by atoms with Crippen LogP contribution in [0.4, 0.5) is 5.69 Å². The van der Waals surface area contributed by atoms with Crippen LogP contribution in [0.25, 0.3) is 31.7 Å². The number of carbonyl (C=O) groups is 1. The van der Waals surface area contributed by atoms with Crippen LogP contribution < -0.4 is 5.32 Å². The molecule has 29 heavy (non-hydrogen) atoms. The molecule has 5 aromatic rings. The number of nitrogens with one attached hydrogen (secondary N) is 1. The van der Waals surface area contributed by atoms with Crippen molar-refractivity contribution < 1.29 is 4.79 Å². The Morgan fingerprint density at radius 2 is 1.79 bits per heavy atom. The van der Waals surface area contributed by atoms with Crippen molar-refractivity contribution in [2.24, 2.45) is 0 Å². The lowest BCUT2D eigenvalue weighted by Crippen LogP contribution is -2.12. The van der Waals surface area contributed by atoms with E-state index in [9.17, 15) is 4.79 Å². The molecule has 140 valence electrons. The molecule has 2 heterocycles. The molecule has 5 rings (SSSR count). The number of anilines is 1. The molecular weight excluding hydrogens is 378 g/mol. The molecular formula is C24H17N3OS. The van der Waals surface area contributed by atoms with Crippen LogP contribution in [0.2, 0.25) is 0 Å². The molecule has 0 radical (unpaired) electrons. The van der Waals surface area contributed by atoms with Gasteiger partial charge in [0.05, 0.1) is 0 Å². The van der Waals surface area contributed by atoms with Gasteiger partial charge in [-0.15, -0.1) is 0 Å². The Bertz CT molecular complexity index is 1340. The second kappa shape index (κ2) is 7.11. The molecule has 1 N–H and O–H groups in total. The average Bonchev–Trinajstić information content (AvgIpc) is 3.19. The van der Waals surface area contributed by atoms with Crippen molar-refractivity contribution in [3.63, 3.8) is 0 Å². The van der Waals surface area contributed by atoms with Gasteiger partial charge < -0.3 is 5.32 Å². The van der Waals surface area contributed by atoms with Crippen molar-refractivity contribution in [3.05, 3.63) is 90.1 Å². The molecule has 0 spiro atoms. The van der Waals surface area contributed by atoms with E-state index in [2.05, 4.69) is 15.3 Å². The molecule has 0 unspecified atom stereocenters. The van der Waals surface area contributed by atoms with Gasteiger partial charge in [0, 0.05) is 23.0 Å². The van der Waals surface area contributed by atoms with Crippen LogP contribution >= 0.6 is 11.3 Å². The number of hydrogen-bond donors (Lipinski definition) is 1. The maximum Gasteiger partial charge on any atom is 0.255 e. The third-order valence-electron chi connectivity index (χ3n) is 4.91. The second-order valence-corrected chi connectivity index (χ2v) is 7.87. The van der Waals surface area contributed by atoms with E-state index < -0.39 is 0 Å². The summed E-state index contributed by atoms with van der Waals surface area (Å²) < 4.78 is 0. The van der Waals surface area contributed by atoms with Gasteiger partial charge in [0.15, 0.2) is 0 Å². The molecule has 0 fully saturated rings. The van der Waals surface area contributed by atoms with Gasteiger partial charge in [-0.3, -0.25) is 4.79 Å². The van der Waals surface area contributed by atoms with Crippen molar-refractivity contribution in [2.75, 3.05) is 5.32 Å². The molecule has 0 aliphatic rings. The molecule has 1 amide bonds. The molecule has 4 nitrogen and oxygen atoms in total. The first kappa shape index (κ1) is 17.5. The highest BCUT2D eigenvalue weighted by Gasteiger charge is 2.12. The van der Waals surface area contributed by atoms with E-state index in [1.54, 1.807) is 17.5 Å². The van der Waals surface area contributed by atoms with Gasteiger partial charge in [-0.1, -0.05) is 53.8 Å². The van der Waals surface area contributed by atoms with Gasteiger partial charge in [0.1, 0.15) is 15.4 Å². The number of aromatic nitrogens is 2. The zero-order chi connectivity index (χ0) is 19.8. The summed E-state index contributed by atoms with van der Waals surface area (Å²) in [6.07, 6.45) is 1.77. The maximum atomic E-state index is 12.9. The summed E-state index contributed by atoms with van der Waals surface area (Å²) in [7, 11) is 0. The van der Waals surface area contributed by atoms with Crippen LogP contribution in [0.1, 0.15) is 15.9 Å². The highest BCUT2D eigenvalue weighted by atomic mass is 32.1. The van der Waals surface area contributed by atoms with Crippen LogP contribution in [0.15, 0.2) is 79.0 Å². The number of hydrogen-bond acceptors (Lipinski definition) is 4. The minimum atomic E-state index is -0.123. The largest absolute Gasteiger partial charge is 0.322 e. The first-order chi connectivity index (χ1) is 14.2.